The van der Waals surface area contributed by atoms with Crippen molar-refractivity contribution in [2.45, 2.75) is 6.92 Å². The predicted molar refractivity (Wildman–Crippen MR) is 148 cm³/mol. The second kappa shape index (κ2) is 10.6. The Kier molecular flexibility index (Phi) is 7.08. The van der Waals surface area contributed by atoms with Crippen LogP contribution in [0.2, 0.25) is 0 Å². The van der Waals surface area contributed by atoms with E-state index in [1.54, 1.807) is 30.3 Å². The third-order valence-corrected chi connectivity index (χ3v) is 6.60. The molecule has 0 aliphatic rings. The lowest BCUT2D eigenvalue weighted by Crippen LogP contribution is -2.20. The number of fused-ring (bicyclic) bond motifs is 2. The zero-order chi connectivity index (χ0) is 25.9. The summed E-state index contributed by atoms with van der Waals surface area (Å²) in [6.07, 6.45) is 1.53. The number of aromatic nitrogens is 2. The van der Waals surface area contributed by atoms with Gasteiger partial charge in [-0.3, -0.25) is 4.79 Å². The van der Waals surface area contributed by atoms with Gasteiger partial charge in [-0.1, -0.05) is 28.1 Å². The maximum atomic E-state index is 13.5. The zero-order valence-corrected chi connectivity index (χ0v) is 22.6. The number of ether oxygens (including phenoxy) is 2. The number of hydrogen-bond acceptors (Lipinski definition) is 7. The highest BCUT2D eigenvalue weighted by Crippen LogP contribution is 2.34. The summed E-state index contributed by atoms with van der Waals surface area (Å²) in [6.45, 7) is 2.14. The van der Waals surface area contributed by atoms with Crippen LogP contribution in [0.3, 0.4) is 0 Å². The monoisotopic (exact) mass is 620 g/mol. The lowest BCUT2D eigenvalue weighted by atomic mass is 10.2. The standard InChI is InChI=1S/C27H18Br2N4O4/c1-2-35-23-13-17(20(29)14-24(23)36-10-9-30)15-31-33-26(32-21-6-4-3-5-19(21)27(33)34)25-12-16-11-18(28)7-8-22(16)37-25/h3-8,11-15H,2,10H2,1H3. The normalized spacial score (nSPS) is 11.3. The van der Waals surface area contributed by atoms with E-state index >= 15 is 0 Å². The first-order valence-corrected chi connectivity index (χ1v) is 12.8. The van der Waals surface area contributed by atoms with E-state index in [0.717, 1.165) is 9.86 Å². The summed E-state index contributed by atoms with van der Waals surface area (Å²) in [4.78, 5) is 18.2. The summed E-state index contributed by atoms with van der Waals surface area (Å²) in [5.41, 5.74) is 1.49. The first-order valence-electron chi connectivity index (χ1n) is 11.2. The number of halogens is 2. The molecule has 0 amide bonds. The van der Waals surface area contributed by atoms with Crippen LogP contribution in [-0.2, 0) is 0 Å². The van der Waals surface area contributed by atoms with Crippen molar-refractivity contribution < 1.29 is 13.9 Å². The lowest BCUT2D eigenvalue weighted by molar-refractivity contribution is 0.298. The fourth-order valence-electron chi connectivity index (χ4n) is 3.78. The summed E-state index contributed by atoms with van der Waals surface area (Å²) in [7, 11) is 0. The SMILES string of the molecule is CCOc1cc(C=Nn2c(-c3cc4cc(Br)ccc4o3)nc3ccccc3c2=O)c(Br)cc1OCC#N. The molecule has 8 nitrogen and oxygen atoms in total. The van der Waals surface area contributed by atoms with Crippen LogP contribution in [0.4, 0.5) is 0 Å². The number of furan rings is 1. The van der Waals surface area contributed by atoms with Gasteiger partial charge >= 0.3 is 0 Å². The fourth-order valence-corrected chi connectivity index (χ4v) is 4.58. The molecule has 0 aliphatic heterocycles. The molecule has 0 radical (unpaired) electrons. The number of nitrogens with zero attached hydrogens (tertiary/aromatic N) is 4. The quantitative estimate of drug-likeness (QED) is 0.192. The van der Waals surface area contributed by atoms with E-state index in [9.17, 15) is 4.79 Å². The third-order valence-electron chi connectivity index (χ3n) is 5.42. The van der Waals surface area contributed by atoms with Crippen LogP contribution < -0.4 is 15.0 Å². The van der Waals surface area contributed by atoms with Crippen molar-refractivity contribution in [3.8, 4) is 29.2 Å². The van der Waals surface area contributed by atoms with Crippen LogP contribution in [0.25, 0.3) is 33.5 Å². The minimum Gasteiger partial charge on any atom is -0.490 e. The van der Waals surface area contributed by atoms with Gasteiger partial charge in [-0.15, -0.1) is 0 Å². The van der Waals surface area contributed by atoms with Crippen LogP contribution in [0.15, 0.2) is 83.9 Å². The molecule has 37 heavy (non-hydrogen) atoms. The van der Waals surface area contributed by atoms with Gasteiger partial charge in [0.2, 0.25) is 5.82 Å². The summed E-state index contributed by atoms with van der Waals surface area (Å²) in [5, 5.41) is 14.7. The summed E-state index contributed by atoms with van der Waals surface area (Å²) >= 11 is 6.99. The molecule has 5 rings (SSSR count). The highest BCUT2D eigenvalue weighted by atomic mass is 79.9. The minimum atomic E-state index is -0.339. The number of para-hydroxylation sites is 1. The predicted octanol–water partition coefficient (Wildman–Crippen LogP) is 6.52. The minimum absolute atomic E-state index is 0.116. The van der Waals surface area contributed by atoms with E-state index < -0.39 is 0 Å². The van der Waals surface area contributed by atoms with Gasteiger partial charge in [0.25, 0.3) is 5.56 Å². The Hall–Kier alpha value is -3.94. The van der Waals surface area contributed by atoms with Gasteiger partial charge in [0.15, 0.2) is 23.9 Å². The zero-order valence-electron chi connectivity index (χ0n) is 19.4. The Labute approximate surface area is 228 Å². The number of nitriles is 1. The summed E-state index contributed by atoms with van der Waals surface area (Å²) in [5.74, 6) is 1.55. The molecule has 0 spiro atoms. The highest BCUT2D eigenvalue weighted by molar-refractivity contribution is 9.10. The van der Waals surface area contributed by atoms with Crippen LogP contribution in [0, 0.1) is 11.3 Å². The van der Waals surface area contributed by atoms with E-state index in [4.69, 9.17) is 24.1 Å². The average molecular weight is 622 g/mol. The number of rotatable bonds is 7. The maximum Gasteiger partial charge on any atom is 0.282 e. The molecule has 10 heteroatoms. The number of hydrogen-bond donors (Lipinski definition) is 0. The topological polar surface area (TPSA) is 103 Å². The van der Waals surface area contributed by atoms with Crippen LogP contribution in [-0.4, -0.2) is 29.1 Å². The summed E-state index contributed by atoms with van der Waals surface area (Å²) in [6, 6.07) is 19.9. The molecule has 0 saturated heterocycles. The molecule has 2 aromatic heterocycles. The van der Waals surface area contributed by atoms with Crippen molar-refractivity contribution in [1.82, 2.24) is 9.66 Å². The molecule has 0 bridgehead atoms. The second-order valence-electron chi connectivity index (χ2n) is 7.81. The van der Waals surface area contributed by atoms with E-state index in [-0.39, 0.29) is 18.0 Å². The first-order chi connectivity index (χ1) is 18.0. The van der Waals surface area contributed by atoms with Crippen molar-refractivity contribution in [2.75, 3.05) is 13.2 Å². The molecule has 0 aliphatic carbocycles. The van der Waals surface area contributed by atoms with Crippen molar-refractivity contribution in [3.63, 3.8) is 0 Å². The summed E-state index contributed by atoms with van der Waals surface area (Å²) < 4.78 is 20.0. The molecule has 0 fully saturated rings. The maximum absolute atomic E-state index is 13.5. The smallest absolute Gasteiger partial charge is 0.282 e. The van der Waals surface area contributed by atoms with Crippen molar-refractivity contribution in [2.24, 2.45) is 5.10 Å². The Balaban J connectivity index is 1.66. The molecule has 2 heterocycles. The van der Waals surface area contributed by atoms with Crippen molar-refractivity contribution in [1.29, 1.82) is 5.26 Å². The molecule has 0 saturated carbocycles. The molecule has 0 atom stereocenters. The van der Waals surface area contributed by atoms with Gasteiger partial charge in [-0.05, 0) is 71.4 Å². The lowest BCUT2D eigenvalue weighted by Gasteiger charge is -2.12. The first kappa shape index (κ1) is 24.7. The van der Waals surface area contributed by atoms with Crippen molar-refractivity contribution in [3.05, 3.63) is 85.5 Å². The Bertz CT molecular complexity index is 1770. The van der Waals surface area contributed by atoms with E-state index in [2.05, 4.69) is 37.0 Å². The van der Waals surface area contributed by atoms with E-state index in [1.165, 1.54) is 10.9 Å². The van der Waals surface area contributed by atoms with Crippen LogP contribution >= 0.6 is 31.9 Å². The van der Waals surface area contributed by atoms with Gasteiger partial charge in [0.1, 0.15) is 11.7 Å². The van der Waals surface area contributed by atoms with Crippen LogP contribution in [0.1, 0.15) is 12.5 Å². The van der Waals surface area contributed by atoms with Gasteiger partial charge < -0.3 is 13.9 Å². The van der Waals surface area contributed by atoms with E-state index in [1.807, 2.05) is 43.3 Å². The van der Waals surface area contributed by atoms with Gasteiger partial charge in [-0.2, -0.15) is 15.0 Å². The van der Waals surface area contributed by atoms with E-state index in [0.29, 0.717) is 50.4 Å². The highest BCUT2D eigenvalue weighted by Gasteiger charge is 2.17. The molecular weight excluding hydrogens is 604 g/mol. The molecule has 184 valence electrons. The molecule has 0 unspecified atom stereocenters. The second-order valence-corrected chi connectivity index (χ2v) is 9.58. The molecule has 5 aromatic rings. The Morgan fingerprint density at radius 2 is 1.92 bits per heavy atom. The van der Waals surface area contributed by atoms with Gasteiger partial charge in [0, 0.05) is 19.9 Å². The Morgan fingerprint density at radius 1 is 1.11 bits per heavy atom. The third kappa shape index (κ3) is 5.01. The molecule has 3 aromatic carbocycles. The van der Waals surface area contributed by atoms with Gasteiger partial charge in [0.05, 0.1) is 23.7 Å². The average Bonchev–Trinajstić information content (AvgIpc) is 3.31. The largest absolute Gasteiger partial charge is 0.490 e. The van der Waals surface area contributed by atoms with Crippen LogP contribution in [0.5, 0.6) is 11.5 Å². The fraction of sp³-hybridized carbons (Fsp3) is 0.111. The molecular formula is C27H18Br2N4O4. The number of benzene rings is 3. The molecule has 0 N–H and O–H groups in total. The van der Waals surface area contributed by atoms with Crippen molar-refractivity contribution >= 4 is 59.9 Å². The van der Waals surface area contributed by atoms with Gasteiger partial charge in [-0.25, -0.2) is 4.98 Å². The Morgan fingerprint density at radius 3 is 2.73 bits per heavy atom.